The van der Waals surface area contributed by atoms with Gasteiger partial charge in [0.05, 0.1) is 12.7 Å². The third-order valence-corrected chi connectivity index (χ3v) is 2.43. The first-order chi connectivity index (χ1) is 7.34. The van der Waals surface area contributed by atoms with Crippen LogP contribution in [0.1, 0.15) is 5.69 Å². The standard InChI is InChI=1S/C11H17N3O/c1-9-6-10(2-3-13-9)14-8-11-7-12-4-5-15-11/h2-3,6,11-12H,4-5,7-8H2,1H3,(H,13,14). The van der Waals surface area contributed by atoms with Crippen LogP contribution in [-0.4, -0.2) is 37.3 Å². The van der Waals surface area contributed by atoms with Crippen LogP contribution in [0.2, 0.25) is 0 Å². The first kappa shape index (κ1) is 10.4. The maximum atomic E-state index is 5.59. The highest BCUT2D eigenvalue weighted by Gasteiger charge is 2.12. The summed E-state index contributed by atoms with van der Waals surface area (Å²) in [6, 6.07) is 4.01. The number of pyridine rings is 1. The Kier molecular flexibility index (Phi) is 3.53. The average molecular weight is 207 g/mol. The molecule has 0 bridgehead atoms. The second-order valence-corrected chi connectivity index (χ2v) is 3.76. The molecule has 1 saturated heterocycles. The van der Waals surface area contributed by atoms with E-state index in [9.17, 15) is 0 Å². The minimum atomic E-state index is 0.271. The van der Waals surface area contributed by atoms with Crippen LogP contribution in [0.15, 0.2) is 18.3 Å². The Morgan fingerprint density at radius 1 is 1.67 bits per heavy atom. The highest BCUT2D eigenvalue weighted by atomic mass is 16.5. The van der Waals surface area contributed by atoms with Gasteiger partial charge in [-0.05, 0) is 19.1 Å². The van der Waals surface area contributed by atoms with Crippen molar-refractivity contribution >= 4 is 5.69 Å². The van der Waals surface area contributed by atoms with Crippen molar-refractivity contribution in [2.45, 2.75) is 13.0 Å². The van der Waals surface area contributed by atoms with Gasteiger partial charge >= 0.3 is 0 Å². The van der Waals surface area contributed by atoms with Crippen molar-refractivity contribution in [1.29, 1.82) is 0 Å². The predicted octanol–water partition coefficient (Wildman–Crippen LogP) is 0.790. The zero-order valence-electron chi connectivity index (χ0n) is 8.99. The van der Waals surface area contributed by atoms with Crippen LogP contribution >= 0.6 is 0 Å². The van der Waals surface area contributed by atoms with E-state index in [1.807, 2.05) is 25.3 Å². The number of nitrogens with one attached hydrogen (secondary N) is 2. The van der Waals surface area contributed by atoms with E-state index in [0.717, 1.165) is 37.6 Å². The fourth-order valence-electron chi connectivity index (χ4n) is 1.64. The molecule has 1 aromatic rings. The maximum absolute atomic E-state index is 5.59. The van der Waals surface area contributed by atoms with Crippen molar-refractivity contribution < 1.29 is 4.74 Å². The molecule has 4 nitrogen and oxygen atoms in total. The van der Waals surface area contributed by atoms with Crippen molar-refractivity contribution in [2.24, 2.45) is 0 Å². The number of anilines is 1. The molecule has 0 aromatic carbocycles. The summed E-state index contributed by atoms with van der Waals surface area (Å²) in [5, 5.41) is 6.66. The maximum Gasteiger partial charge on any atom is 0.0872 e. The first-order valence-corrected chi connectivity index (χ1v) is 5.33. The summed E-state index contributed by atoms with van der Waals surface area (Å²) in [7, 11) is 0. The van der Waals surface area contributed by atoms with Crippen molar-refractivity contribution in [3.05, 3.63) is 24.0 Å². The van der Waals surface area contributed by atoms with E-state index < -0.39 is 0 Å². The molecule has 1 aliphatic heterocycles. The predicted molar refractivity (Wildman–Crippen MR) is 60.1 cm³/mol. The molecule has 2 N–H and O–H groups in total. The van der Waals surface area contributed by atoms with Crippen molar-refractivity contribution in [3.63, 3.8) is 0 Å². The van der Waals surface area contributed by atoms with E-state index in [1.54, 1.807) is 0 Å². The second kappa shape index (κ2) is 5.09. The monoisotopic (exact) mass is 207 g/mol. The summed E-state index contributed by atoms with van der Waals surface area (Å²) in [6.07, 6.45) is 2.09. The Balaban J connectivity index is 1.81. The van der Waals surface area contributed by atoms with E-state index in [2.05, 4.69) is 15.6 Å². The average Bonchev–Trinajstić information content (AvgIpc) is 2.28. The zero-order valence-corrected chi connectivity index (χ0v) is 8.99. The molecule has 1 unspecified atom stereocenters. The lowest BCUT2D eigenvalue weighted by Gasteiger charge is -2.24. The van der Waals surface area contributed by atoms with Gasteiger partial charge in [-0.2, -0.15) is 0 Å². The van der Waals surface area contributed by atoms with Gasteiger partial charge in [-0.3, -0.25) is 4.98 Å². The van der Waals surface area contributed by atoms with Crippen molar-refractivity contribution in [2.75, 3.05) is 31.6 Å². The molecule has 82 valence electrons. The second-order valence-electron chi connectivity index (χ2n) is 3.76. The minimum absolute atomic E-state index is 0.271. The van der Waals surface area contributed by atoms with Crippen molar-refractivity contribution in [1.82, 2.24) is 10.3 Å². The molecule has 15 heavy (non-hydrogen) atoms. The number of hydrogen-bond donors (Lipinski definition) is 2. The number of hydrogen-bond acceptors (Lipinski definition) is 4. The van der Waals surface area contributed by atoms with E-state index in [-0.39, 0.29) is 6.10 Å². The molecule has 1 atom stereocenters. The van der Waals surface area contributed by atoms with Crippen LogP contribution < -0.4 is 10.6 Å². The molecule has 0 saturated carbocycles. The lowest BCUT2D eigenvalue weighted by molar-refractivity contribution is 0.0372. The van der Waals surface area contributed by atoms with Crippen LogP contribution in [0.25, 0.3) is 0 Å². The summed E-state index contributed by atoms with van der Waals surface area (Å²) in [4.78, 5) is 4.15. The van der Waals surface area contributed by atoms with Crippen LogP contribution in [-0.2, 0) is 4.74 Å². The lowest BCUT2D eigenvalue weighted by atomic mass is 10.3. The molecule has 1 aromatic heterocycles. The molecule has 4 heteroatoms. The van der Waals surface area contributed by atoms with Crippen LogP contribution in [0.5, 0.6) is 0 Å². The topological polar surface area (TPSA) is 46.2 Å². The summed E-state index contributed by atoms with van der Waals surface area (Å²) < 4.78 is 5.59. The molecule has 1 aliphatic rings. The SMILES string of the molecule is Cc1cc(NCC2CNCCO2)ccn1. The summed E-state index contributed by atoms with van der Waals surface area (Å²) >= 11 is 0. The fourth-order valence-corrected chi connectivity index (χ4v) is 1.64. The smallest absolute Gasteiger partial charge is 0.0872 e. The quantitative estimate of drug-likeness (QED) is 0.769. The molecule has 0 amide bonds. The summed E-state index contributed by atoms with van der Waals surface area (Å²) in [5.41, 5.74) is 2.14. The molecular formula is C11H17N3O. The van der Waals surface area contributed by atoms with Gasteiger partial charge in [-0.15, -0.1) is 0 Å². The van der Waals surface area contributed by atoms with Gasteiger partial charge in [0.25, 0.3) is 0 Å². The number of morpholine rings is 1. The highest BCUT2D eigenvalue weighted by Crippen LogP contribution is 2.07. The van der Waals surface area contributed by atoms with E-state index >= 15 is 0 Å². The van der Waals surface area contributed by atoms with E-state index in [0.29, 0.717) is 0 Å². The number of aromatic nitrogens is 1. The van der Waals surface area contributed by atoms with Gasteiger partial charge in [0, 0.05) is 37.2 Å². The third kappa shape index (κ3) is 3.18. The van der Waals surface area contributed by atoms with Crippen LogP contribution in [0, 0.1) is 6.92 Å². The number of nitrogens with zero attached hydrogens (tertiary/aromatic N) is 1. The largest absolute Gasteiger partial charge is 0.382 e. The van der Waals surface area contributed by atoms with Crippen LogP contribution in [0.4, 0.5) is 5.69 Å². The normalized spacial score (nSPS) is 21.3. The molecule has 0 spiro atoms. The van der Waals surface area contributed by atoms with Gasteiger partial charge in [-0.1, -0.05) is 0 Å². The molecule has 0 radical (unpaired) electrons. The number of ether oxygens (including phenoxy) is 1. The first-order valence-electron chi connectivity index (χ1n) is 5.33. The Hall–Kier alpha value is -1.13. The van der Waals surface area contributed by atoms with Gasteiger partial charge in [0.2, 0.25) is 0 Å². The zero-order chi connectivity index (χ0) is 10.5. The van der Waals surface area contributed by atoms with Gasteiger partial charge in [0.1, 0.15) is 0 Å². The summed E-state index contributed by atoms with van der Waals surface area (Å²) in [6.45, 7) is 5.53. The third-order valence-electron chi connectivity index (χ3n) is 2.43. The Morgan fingerprint density at radius 2 is 2.60 bits per heavy atom. The molecule has 2 rings (SSSR count). The molecule has 0 aliphatic carbocycles. The fraction of sp³-hybridized carbons (Fsp3) is 0.545. The molecule has 2 heterocycles. The van der Waals surface area contributed by atoms with Gasteiger partial charge in [0.15, 0.2) is 0 Å². The molecular weight excluding hydrogens is 190 g/mol. The Labute approximate surface area is 90.0 Å². The summed E-state index contributed by atoms with van der Waals surface area (Å²) in [5.74, 6) is 0. The Morgan fingerprint density at radius 3 is 3.33 bits per heavy atom. The minimum Gasteiger partial charge on any atom is -0.382 e. The highest BCUT2D eigenvalue weighted by molar-refractivity contribution is 5.42. The van der Waals surface area contributed by atoms with Crippen molar-refractivity contribution in [3.8, 4) is 0 Å². The van der Waals surface area contributed by atoms with Gasteiger partial charge < -0.3 is 15.4 Å². The molecule has 1 fully saturated rings. The number of aryl methyl sites for hydroxylation is 1. The van der Waals surface area contributed by atoms with E-state index in [4.69, 9.17) is 4.74 Å². The van der Waals surface area contributed by atoms with E-state index in [1.165, 1.54) is 0 Å². The van der Waals surface area contributed by atoms with Crippen LogP contribution in [0.3, 0.4) is 0 Å². The van der Waals surface area contributed by atoms with Gasteiger partial charge in [-0.25, -0.2) is 0 Å². The number of rotatable bonds is 3. The Bertz CT molecular complexity index is 310. The lowest BCUT2D eigenvalue weighted by Crippen LogP contribution is -2.42.